The van der Waals surface area contributed by atoms with Gasteiger partial charge in [-0.3, -0.25) is 9.88 Å². The third-order valence-electron chi connectivity index (χ3n) is 4.29. The van der Waals surface area contributed by atoms with E-state index in [1.807, 2.05) is 30.5 Å². The molecule has 2 heterocycles. The third-order valence-corrected chi connectivity index (χ3v) is 5.10. The molecule has 25 heavy (non-hydrogen) atoms. The first-order valence-corrected chi connectivity index (χ1v) is 9.00. The lowest BCUT2D eigenvalue weighted by molar-refractivity contribution is 0.284. The number of methoxy groups -OCH3 is 1. The summed E-state index contributed by atoms with van der Waals surface area (Å²) in [7, 11) is 1.65. The van der Waals surface area contributed by atoms with Gasteiger partial charge in [0.2, 0.25) is 0 Å². The van der Waals surface area contributed by atoms with E-state index in [2.05, 4.69) is 26.9 Å². The second-order valence-electron chi connectivity index (χ2n) is 5.92. The largest absolute Gasteiger partial charge is 0.495 e. The van der Waals surface area contributed by atoms with Crippen LogP contribution in [0.1, 0.15) is 5.56 Å². The molecule has 0 unspecified atom stereocenters. The van der Waals surface area contributed by atoms with Gasteiger partial charge in [0.15, 0.2) is 0 Å². The molecule has 1 aromatic heterocycles. The number of rotatable bonds is 5. The molecular formula is C19H21Cl2N3O. The van der Waals surface area contributed by atoms with Crippen molar-refractivity contribution in [3.05, 3.63) is 58.3 Å². The lowest BCUT2D eigenvalue weighted by Gasteiger charge is -2.36. The Bertz CT molecular complexity index is 743. The Morgan fingerprint density at radius 2 is 1.96 bits per heavy atom. The smallest absolute Gasteiger partial charge is 0.137 e. The first-order valence-electron chi connectivity index (χ1n) is 8.24. The van der Waals surface area contributed by atoms with Crippen LogP contribution in [-0.2, 0) is 0 Å². The maximum atomic E-state index is 6.32. The van der Waals surface area contributed by atoms with Crippen molar-refractivity contribution in [3.8, 4) is 5.75 Å². The van der Waals surface area contributed by atoms with Crippen molar-refractivity contribution in [2.75, 3.05) is 44.7 Å². The average Bonchev–Trinajstić information content (AvgIpc) is 2.65. The summed E-state index contributed by atoms with van der Waals surface area (Å²) < 4.78 is 5.19. The van der Waals surface area contributed by atoms with E-state index in [1.54, 1.807) is 13.3 Å². The van der Waals surface area contributed by atoms with E-state index < -0.39 is 0 Å². The Hall–Kier alpha value is -1.75. The summed E-state index contributed by atoms with van der Waals surface area (Å²) >= 11 is 12.4. The fraction of sp³-hybridized carbons (Fsp3) is 0.316. The predicted octanol–water partition coefficient (Wildman–Crippen LogP) is 4.23. The van der Waals surface area contributed by atoms with Crippen molar-refractivity contribution in [3.63, 3.8) is 0 Å². The zero-order valence-corrected chi connectivity index (χ0v) is 15.7. The van der Waals surface area contributed by atoms with E-state index in [4.69, 9.17) is 27.9 Å². The summed E-state index contributed by atoms with van der Waals surface area (Å²) in [4.78, 5) is 8.87. The highest BCUT2D eigenvalue weighted by Gasteiger charge is 2.18. The molecule has 132 valence electrons. The molecule has 0 N–H and O–H groups in total. The quantitative estimate of drug-likeness (QED) is 0.779. The number of hydrogen-bond donors (Lipinski definition) is 0. The van der Waals surface area contributed by atoms with Gasteiger partial charge in [0.1, 0.15) is 5.75 Å². The molecule has 1 fully saturated rings. The number of nitrogens with zero attached hydrogens (tertiary/aromatic N) is 3. The monoisotopic (exact) mass is 377 g/mol. The highest BCUT2D eigenvalue weighted by Crippen LogP contribution is 2.32. The molecule has 4 nitrogen and oxygen atoms in total. The van der Waals surface area contributed by atoms with Crippen LogP contribution in [0, 0.1) is 0 Å². The molecule has 0 bridgehead atoms. The summed E-state index contributed by atoms with van der Waals surface area (Å²) in [6, 6.07) is 7.77. The van der Waals surface area contributed by atoms with E-state index in [9.17, 15) is 0 Å². The Morgan fingerprint density at radius 1 is 1.16 bits per heavy atom. The van der Waals surface area contributed by atoms with Gasteiger partial charge in [0, 0.05) is 38.9 Å². The second-order valence-corrected chi connectivity index (χ2v) is 6.71. The molecule has 6 heteroatoms. The van der Waals surface area contributed by atoms with Gasteiger partial charge >= 0.3 is 0 Å². The van der Waals surface area contributed by atoms with E-state index in [1.165, 1.54) is 0 Å². The van der Waals surface area contributed by atoms with Gasteiger partial charge in [0.05, 0.1) is 29.0 Å². The highest BCUT2D eigenvalue weighted by molar-refractivity contribution is 6.43. The van der Waals surface area contributed by atoms with Crippen LogP contribution in [0.5, 0.6) is 5.75 Å². The number of ether oxygens (including phenoxy) is 1. The summed E-state index contributed by atoms with van der Waals surface area (Å²) in [5.74, 6) is 0.772. The molecule has 1 saturated heterocycles. The van der Waals surface area contributed by atoms with Crippen LogP contribution in [0.15, 0.2) is 42.7 Å². The molecule has 1 aliphatic heterocycles. The maximum Gasteiger partial charge on any atom is 0.137 e. The van der Waals surface area contributed by atoms with E-state index in [-0.39, 0.29) is 0 Å². The lowest BCUT2D eigenvalue weighted by atomic mass is 10.2. The Labute approximate surface area is 158 Å². The van der Waals surface area contributed by atoms with Crippen LogP contribution in [0.25, 0.3) is 6.08 Å². The van der Waals surface area contributed by atoms with Crippen LogP contribution < -0.4 is 9.64 Å². The Kier molecular flexibility index (Phi) is 6.19. The second kappa shape index (κ2) is 8.56. The third kappa shape index (κ3) is 4.66. The minimum atomic E-state index is 0.608. The molecule has 0 atom stereocenters. The van der Waals surface area contributed by atoms with Crippen molar-refractivity contribution in [2.24, 2.45) is 0 Å². The zero-order valence-electron chi connectivity index (χ0n) is 14.2. The summed E-state index contributed by atoms with van der Waals surface area (Å²) in [6.45, 7) is 4.77. The summed E-state index contributed by atoms with van der Waals surface area (Å²) in [5.41, 5.74) is 2.07. The van der Waals surface area contributed by atoms with Crippen molar-refractivity contribution >= 4 is 35.0 Å². The van der Waals surface area contributed by atoms with Crippen LogP contribution >= 0.6 is 23.2 Å². The lowest BCUT2D eigenvalue weighted by Crippen LogP contribution is -2.46. The molecule has 1 aliphatic rings. The van der Waals surface area contributed by atoms with Crippen molar-refractivity contribution < 1.29 is 4.74 Å². The fourth-order valence-electron chi connectivity index (χ4n) is 2.88. The average molecular weight is 378 g/mol. The van der Waals surface area contributed by atoms with Gasteiger partial charge in [-0.15, -0.1) is 0 Å². The van der Waals surface area contributed by atoms with Crippen LogP contribution in [0.3, 0.4) is 0 Å². The number of aromatic nitrogens is 1. The SMILES string of the molecule is COc1cncc(C=CCN2CCN(c3cccc(Cl)c3Cl)CC2)c1. The molecule has 0 amide bonds. The minimum absolute atomic E-state index is 0.608. The van der Waals surface area contributed by atoms with E-state index >= 15 is 0 Å². The fourth-order valence-corrected chi connectivity index (χ4v) is 3.30. The molecular weight excluding hydrogens is 357 g/mol. The number of benzene rings is 1. The van der Waals surface area contributed by atoms with Crippen molar-refractivity contribution in [2.45, 2.75) is 0 Å². The van der Waals surface area contributed by atoms with Crippen molar-refractivity contribution in [1.29, 1.82) is 0 Å². The normalized spacial score (nSPS) is 15.7. The first-order chi connectivity index (χ1) is 12.2. The van der Waals surface area contributed by atoms with Gasteiger partial charge in [-0.1, -0.05) is 41.4 Å². The Morgan fingerprint density at radius 3 is 2.72 bits per heavy atom. The van der Waals surface area contributed by atoms with Gasteiger partial charge in [-0.2, -0.15) is 0 Å². The molecule has 3 rings (SSSR count). The highest BCUT2D eigenvalue weighted by atomic mass is 35.5. The summed E-state index contributed by atoms with van der Waals surface area (Å²) in [6.07, 6.45) is 7.78. The van der Waals surface area contributed by atoms with E-state index in [0.29, 0.717) is 10.0 Å². The Balaban J connectivity index is 1.52. The number of anilines is 1. The zero-order chi connectivity index (χ0) is 17.6. The van der Waals surface area contributed by atoms with Crippen LogP contribution in [-0.4, -0.2) is 49.7 Å². The molecule has 0 spiro atoms. The molecule has 0 radical (unpaired) electrons. The minimum Gasteiger partial charge on any atom is -0.495 e. The van der Waals surface area contributed by atoms with E-state index in [0.717, 1.165) is 49.7 Å². The van der Waals surface area contributed by atoms with Gasteiger partial charge in [-0.25, -0.2) is 0 Å². The number of hydrogen-bond acceptors (Lipinski definition) is 4. The van der Waals surface area contributed by atoms with Gasteiger partial charge < -0.3 is 9.64 Å². The standard InChI is InChI=1S/C19H21Cl2N3O/c1-25-16-12-15(13-22-14-16)4-3-7-23-8-10-24(11-9-23)18-6-2-5-17(20)19(18)21/h2-6,12-14H,7-11H2,1H3. The van der Waals surface area contributed by atoms with Gasteiger partial charge in [0.25, 0.3) is 0 Å². The number of piperazine rings is 1. The molecule has 1 aromatic carbocycles. The summed E-state index contributed by atoms with van der Waals surface area (Å²) in [5, 5.41) is 1.25. The maximum absolute atomic E-state index is 6.32. The topological polar surface area (TPSA) is 28.6 Å². The van der Waals surface area contributed by atoms with Crippen molar-refractivity contribution in [1.82, 2.24) is 9.88 Å². The first kappa shape index (κ1) is 18.1. The van der Waals surface area contributed by atoms with Crippen LogP contribution in [0.2, 0.25) is 10.0 Å². The molecule has 2 aromatic rings. The van der Waals surface area contributed by atoms with Crippen LogP contribution in [0.4, 0.5) is 5.69 Å². The molecule has 0 aliphatic carbocycles. The molecule has 0 saturated carbocycles. The predicted molar refractivity (Wildman–Crippen MR) is 105 cm³/mol. The van der Waals surface area contributed by atoms with Gasteiger partial charge in [-0.05, 0) is 23.8 Å². The number of halogens is 2. The number of pyridine rings is 1.